The Labute approximate surface area is 134 Å². The molecule has 23 heavy (non-hydrogen) atoms. The number of carbonyl (C=O) groups excluding carboxylic acids is 2. The van der Waals surface area contributed by atoms with E-state index < -0.39 is 0 Å². The van der Waals surface area contributed by atoms with Gasteiger partial charge in [0.1, 0.15) is 5.75 Å². The second kappa shape index (κ2) is 6.52. The number of phenolic OH excluding ortho intramolecular Hbond substituents is 1. The van der Waals surface area contributed by atoms with Crippen molar-refractivity contribution in [3.63, 3.8) is 0 Å². The molecule has 1 fully saturated rings. The normalized spacial score (nSPS) is 13.4. The third-order valence-electron chi connectivity index (χ3n) is 3.76. The van der Waals surface area contributed by atoms with Crippen LogP contribution in [-0.4, -0.2) is 16.9 Å². The lowest BCUT2D eigenvalue weighted by atomic mass is 10.1. The van der Waals surface area contributed by atoms with Crippen LogP contribution < -0.4 is 10.6 Å². The van der Waals surface area contributed by atoms with Gasteiger partial charge in [-0.3, -0.25) is 9.59 Å². The summed E-state index contributed by atoms with van der Waals surface area (Å²) < 4.78 is 0. The van der Waals surface area contributed by atoms with E-state index >= 15 is 0 Å². The summed E-state index contributed by atoms with van der Waals surface area (Å²) in [5, 5.41) is 14.9. The van der Waals surface area contributed by atoms with Crippen LogP contribution in [0.5, 0.6) is 5.75 Å². The van der Waals surface area contributed by atoms with Crippen molar-refractivity contribution in [2.45, 2.75) is 19.4 Å². The molecule has 2 amide bonds. The highest BCUT2D eigenvalue weighted by molar-refractivity contribution is 6.04. The van der Waals surface area contributed by atoms with E-state index in [2.05, 4.69) is 10.6 Å². The summed E-state index contributed by atoms with van der Waals surface area (Å²) in [6, 6.07) is 13.4. The zero-order valence-corrected chi connectivity index (χ0v) is 12.6. The number of anilines is 1. The van der Waals surface area contributed by atoms with Gasteiger partial charge in [-0.1, -0.05) is 12.1 Å². The lowest BCUT2D eigenvalue weighted by Gasteiger charge is -2.07. The third kappa shape index (κ3) is 4.10. The fourth-order valence-corrected chi connectivity index (χ4v) is 2.20. The topological polar surface area (TPSA) is 78.4 Å². The van der Waals surface area contributed by atoms with E-state index in [1.807, 2.05) is 12.1 Å². The fourth-order valence-electron chi connectivity index (χ4n) is 2.20. The molecule has 0 heterocycles. The first-order valence-electron chi connectivity index (χ1n) is 7.59. The maximum Gasteiger partial charge on any atom is 0.255 e. The van der Waals surface area contributed by atoms with Gasteiger partial charge in [-0.05, 0) is 54.8 Å². The van der Waals surface area contributed by atoms with Gasteiger partial charge in [-0.15, -0.1) is 0 Å². The Hall–Kier alpha value is -2.82. The van der Waals surface area contributed by atoms with E-state index in [1.165, 1.54) is 12.1 Å². The first kappa shape index (κ1) is 15.1. The molecule has 0 saturated heterocycles. The third-order valence-corrected chi connectivity index (χ3v) is 3.76. The van der Waals surface area contributed by atoms with E-state index in [-0.39, 0.29) is 23.5 Å². The van der Waals surface area contributed by atoms with Gasteiger partial charge in [0.15, 0.2) is 0 Å². The Morgan fingerprint density at radius 3 is 2.26 bits per heavy atom. The van der Waals surface area contributed by atoms with E-state index in [1.54, 1.807) is 24.3 Å². The van der Waals surface area contributed by atoms with Gasteiger partial charge in [0.05, 0.1) is 0 Å². The van der Waals surface area contributed by atoms with Gasteiger partial charge in [-0.25, -0.2) is 0 Å². The quantitative estimate of drug-likeness (QED) is 0.743. The van der Waals surface area contributed by atoms with Gasteiger partial charge in [-0.2, -0.15) is 0 Å². The molecule has 3 rings (SSSR count). The zero-order chi connectivity index (χ0) is 16.2. The SMILES string of the molecule is O=C(Nc1ccc(O)cc1)c1ccc(CNC(=O)C2CC2)cc1. The molecule has 118 valence electrons. The van der Waals surface area contributed by atoms with Crippen LogP contribution in [0.3, 0.4) is 0 Å². The fraction of sp³-hybridized carbons (Fsp3) is 0.222. The van der Waals surface area contributed by atoms with Crippen molar-refractivity contribution in [2.75, 3.05) is 5.32 Å². The van der Waals surface area contributed by atoms with E-state index in [9.17, 15) is 14.7 Å². The van der Waals surface area contributed by atoms with Crippen molar-refractivity contribution in [2.24, 2.45) is 5.92 Å². The van der Waals surface area contributed by atoms with Crippen LogP contribution in [0.4, 0.5) is 5.69 Å². The molecule has 0 spiro atoms. The summed E-state index contributed by atoms with van der Waals surface area (Å²) in [6.45, 7) is 0.481. The molecule has 0 aliphatic heterocycles. The minimum atomic E-state index is -0.218. The summed E-state index contributed by atoms with van der Waals surface area (Å²) in [5.74, 6) is 0.245. The molecule has 0 unspecified atom stereocenters. The van der Waals surface area contributed by atoms with Crippen LogP contribution in [0.1, 0.15) is 28.8 Å². The van der Waals surface area contributed by atoms with E-state index in [0.29, 0.717) is 17.8 Å². The Bertz CT molecular complexity index is 704. The summed E-state index contributed by atoms with van der Waals surface area (Å²) in [4.78, 5) is 23.7. The van der Waals surface area contributed by atoms with Gasteiger partial charge >= 0.3 is 0 Å². The minimum Gasteiger partial charge on any atom is -0.508 e. The van der Waals surface area contributed by atoms with Crippen LogP contribution in [0.25, 0.3) is 0 Å². The van der Waals surface area contributed by atoms with Crippen molar-refractivity contribution in [1.82, 2.24) is 5.32 Å². The van der Waals surface area contributed by atoms with Crippen LogP contribution in [0, 0.1) is 5.92 Å². The molecular formula is C18H18N2O3. The largest absolute Gasteiger partial charge is 0.508 e. The summed E-state index contributed by atoms with van der Waals surface area (Å²) in [5.41, 5.74) is 2.11. The average Bonchev–Trinajstić information content (AvgIpc) is 3.40. The van der Waals surface area contributed by atoms with Crippen molar-refractivity contribution in [3.05, 3.63) is 59.7 Å². The van der Waals surface area contributed by atoms with Crippen LogP contribution in [0.15, 0.2) is 48.5 Å². The maximum atomic E-state index is 12.1. The monoisotopic (exact) mass is 310 g/mol. The molecule has 1 aliphatic rings. The summed E-state index contributed by atoms with van der Waals surface area (Å²) >= 11 is 0. The molecule has 5 heteroatoms. The standard InChI is InChI=1S/C18H18N2O3/c21-16-9-7-15(8-10-16)20-18(23)14-3-1-12(2-4-14)11-19-17(22)13-5-6-13/h1-4,7-10,13,21H,5-6,11H2,(H,19,22)(H,20,23). The molecule has 1 aliphatic carbocycles. The number of nitrogens with one attached hydrogen (secondary N) is 2. The Morgan fingerprint density at radius 1 is 1.00 bits per heavy atom. The molecule has 0 aromatic heterocycles. The number of benzene rings is 2. The average molecular weight is 310 g/mol. The lowest BCUT2D eigenvalue weighted by Crippen LogP contribution is -2.24. The number of phenols is 1. The van der Waals surface area contributed by atoms with Crippen molar-refractivity contribution in [1.29, 1.82) is 0 Å². The number of amides is 2. The van der Waals surface area contributed by atoms with Gasteiger partial charge in [0, 0.05) is 23.7 Å². The van der Waals surface area contributed by atoms with E-state index in [4.69, 9.17) is 0 Å². The number of rotatable bonds is 5. The van der Waals surface area contributed by atoms with Crippen LogP contribution in [-0.2, 0) is 11.3 Å². The maximum absolute atomic E-state index is 12.1. The predicted octanol–water partition coefficient (Wildman–Crippen LogP) is 2.67. The van der Waals surface area contributed by atoms with Crippen LogP contribution in [0.2, 0.25) is 0 Å². The molecule has 2 aromatic carbocycles. The summed E-state index contributed by atoms with van der Waals surface area (Å²) in [6.07, 6.45) is 1.98. The van der Waals surface area contributed by atoms with E-state index in [0.717, 1.165) is 18.4 Å². The molecule has 5 nitrogen and oxygen atoms in total. The predicted molar refractivity (Wildman–Crippen MR) is 87.1 cm³/mol. The van der Waals surface area contributed by atoms with Gasteiger partial charge < -0.3 is 15.7 Å². The number of carbonyl (C=O) groups is 2. The minimum absolute atomic E-state index is 0.110. The molecule has 0 atom stereocenters. The number of hydrogen-bond acceptors (Lipinski definition) is 3. The highest BCUT2D eigenvalue weighted by Gasteiger charge is 2.29. The molecule has 0 bridgehead atoms. The van der Waals surface area contributed by atoms with Crippen molar-refractivity contribution in [3.8, 4) is 5.75 Å². The molecule has 2 aromatic rings. The van der Waals surface area contributed by atoms with Crippen LogP contribution >= 0.6 is 0 Å². The lowest BCUT2D eigenvalue weighted by molar-refractivity contribution is -0.122. The van der Waals surface area contributed by atoms with Gasteiger partial charge in [0.2, 0.25) is 5.91 Å². The first-order chi connectivity index (χ1) is 11.1. The Morgan fingerprint density at radius 2 is 1.65 bits per heavy atom. The molecule has 1 saturated carbocycles. The highest BCUT2D eigenvalue weighted by atomic mass is 16.3. The smallest absolute Gasteiger partial charge is 0.255 e. The Balaban J connectivity index is 1.56. The Kier molecular flexibility index (Phi) is 4.28. The molecular weight excluding hydrogens is 292 g/mol. The highest BCUT2D eigenvalue weighted by Crippen LogP contribution is 2.28. The van der Waals surface area contributed by atoms with Gasteiger partial charge in [0.25, 0.3) is 5.91 Å². The first-order valence-corrected chi connectivity index (χ1v) is 7.59. The van der Waals surface area contributed by atoms with Crippen molar-refractivity contribution < 1.29 is 14.7 Å². The summed E-state index contributed by atoms with van der Waals surface area (Å²) in [7, 11) is 0. The second-order valence-electron chi connectivity index (χ2n) is 5.69. The number of hydrogen-bond donors (Lipinski definition) is 3. The molecule has 0 radical (unpaired) electrons. The molecule has 3 N–H and O–H groups in total. The zero-order valence-electron chi connectivity index (χ0n) is 12.6. The second-order valence-corrected chi connectivity index (χ2v) is 5.69. The number of aromatic hydroxyl groups is 1. The van der Waals surface area contributed by atoms with Crippen molar-refractivity contribution >= 4 is 17.5 Å².